The molecule has 4 heteroatoms. The summed E-state index contributed by atoms with van der Waals surface area (Å²) in [5, 5.41) is 20.1. The standard InChI is InChI=1S/C11H12N2O2/c1-2-8-3-4-9(11(14)15)7-10(8)13-6-5-12/h3-4,7,13H,2,6H2,1H3,(H,14,15). The first-order valence-corrected chi connectivity index (χ1v) is 4.66. The molecular formula is C11H12N2O2. The van der Waals surface area contributed by atoms with Crippen LogP contribution in [0, 0.1) is 11.3 Å². The number of benzene rings is 1. The van der Waals surface area contributed by atoms with E-state index < -0.39 is 5.97 Å². The molecule has 78 valence electrons. The van der Waals surface area contributed by atoms with Gasteiger partial charge in [0.1, 0.15) is 6.54 Å². The molecule has 4 nitrogen and oxygen atoms in total. The van der Waals surface area contributed by atoms with E-state index >= 15 is 0 Å². The predicted molar refractivity (Wildman–Crippen MR) is 56.9 cm³/mol. The smallest absolute Gasteiger partial charge is 0.335 e. The summed E-state index contributed by atoms with van der Waals surface area (Å²) in [5.41, 5.74) is 1.96. The van der Waals surface area contributed by atoms with Crippen molar-refractivity contribution in [1.29, 1.82) is 5.26 Å². The summed E-state index contributed by atoms with van der Waals surface area (Å²) in [5.74, 6) is -0.960. The van der Waals surface area contributed by atoms with E-state index in [9.17, 15) is 4.79 Å². The Kier molecular flexibility index (Phi) is 3.69. The molecule has 0 spiro atoms. The average molecular weight is 204 g/mol. The Bertz CT molecular complexity index is 408. The number of aromatic carboxylic acids is 1. The molecule has 0 saturated heterocycles. The van der Waals surface area contributed by atoms with Gasteiger partial charge in [-0.25, -0.2) is 4.79 Å². The van der Waals surface area contributed by atoms with Crippen molar-refractivity contribution in [2.45, 2.75) is 13.3 Å². The summed E-state index contributed by atoms with van der Waals surface area (Å²) < 4.78 is 0. The van der Waals surface area contributed by atoms with Gasteiger partial charge in [0.15, 0.2) is 0 Å². The van der Waals surface area contributed by atoms with Gasteiger partial charge in [0.25, 0.3) is 0 Å². The highest BCUT2D eigenvalue weighted by Gasteiger charge is 2.06. The predicted octanol–water partition coefficient (Wildman–Crippen LogP) is 1.88. The number of anilines is 1. The first-order valence-electron chi connectivity index (χ1n) is 4.66. The van der Waals surface area contributed by atoms with Crippen LogP contribution in [0.3, 0.4) is 0 Å². The minimum atomic E-state index is -0.960. The lowest BCUT2D eigenvalue weighted by Crippen LogP contribution is -2.04. The van der Waals surface area contributed by atoms with Gasteiger partial charge < -0.3 is 10.4 Å². The lowest BCUT2D eigenvalue weighted by molar-refractivity contribution is 0.0697. The van der Waals surface area contributed by atoms with E-state index in [0.717, 1.165) is 17.7 Å². The second-order valence-electron chi connectivity index (χ2n) is 3.04. The molecule has 0 radical (unpaired) electrons. The Morgan fingerprint density at radius 2 is 2.33 bits per heavy atom. The van der Waals surface area contributed by atoms with Crippen LogP contribution in [0.5, 0.6) is 0 Å². The SMILES string of the molecule is CCc1ccc(C(=O)O)cc1NCC#N. The first kappa shape index (κ1) is 11.1. The van der Waals surface area contributed by atoms with Gasteiger partial charge in [-0.15, -0.1) is 0 Å². The van der Waals surface area contributed by atoms with E-state index in [-0.39, 0.29) is 12.1 Å². The molecule has 1 aromatic carbocycles. The number of aryl methyl sites for hydroxylation is 1. The molecule has 0 unspecified atom stereocenters. The normalized spacial score (nSPS) is 9.33. The summed E-state index contributed by atoms with van der Waals surface area (Å²) in [6.07, 6.45) is 0.799. The van der Waals surface area contributed by atoms with Gasteiger partial charge in [-0.3, -0.25) is 0 Å². The molecule has 1 rings (SSSR count). The average Bonchev–Trinajstić information content (AvgIpc) is 2.25. The van der Waals surface area contributed by atoms with E-state index in [1.165, 1.54) is 0 Å². The number of nitrogens with zero attached hydrogens (tertiary/aromatic N) is 1. The Hall–Kier alpha value is -2.02. The number of hydrogen-bond donors (Lipinski definition) is 2. The van der Waals surface area contributed by atoms with Crippen LogP contribution in [0.25, 0.3) is 0 Å². The molecule has 2 N–H and O–H groups in total. The Labute approximate surface area is 88.2 Å². The second-order valence-corrected chi connectivity index (χ2v) is 3.04. The van der Waals surface area contributed by atoms with E-state index in [1.54, 1.807) is 18.2 Å². The topological polar surface area (TPSA) is 73.1 Å². The summed E-state index contributed by atoms with van der Waals surface area (Å²) in [7, 11) is 0. The van der Waals surface area contributed by atoms with Crippen molar-refractivity contribution in [3.63, 3.8) is 0 Å². The molecule has 0 aliphatic heterocycles. The van der Waals surface area contributed by atoms with E-state index in [0.29, 0.717) is 0 Å². The van der Waals surface area contributed by atoms with Crippen LogP contribution in [0.2, 0.25) is 0 Å². The molecule has 0 saturated carbocycles. The maximum Gasteiger partial charge on any atom is 0.335 e. The third kappa shape index (κ3) is 2.71. The molecule has 0 fully saturated rings. The van der Waals surface area contributed by atoms with E-state index in [2.05, 4.69) is 5.32 Å². The zero-order chi connectivity index (χ0) is 11.3. The summed E-state index contributed by atoms with van der Waals surface area (Å²) in [6.45, 7) is 2.16. The number of nitrogens with one attached hydrogen (secondary N) is 1. The molecule has 0 atom stereocenters. The van der Waals surface area contributed by atoms with Crippen molar-refractivity contribution in [1.82, 2.24) is 0 Å². The molecular weight excluding hydrogens is 192 g/mol. The van der Waals surface area contributed by atoms with Crippen LogP contribution in [-0.4, -0.2) is 17.6 Å². The van der Waals surface area contributed by atoms with Crippen LogP contribution in [0.4, 0.5) is 5.69 Å². The first-order chi connectivity index (χ1) is 7.19. The fourth-order valence-electron chi connectivity index (χ4n) is 1.32. The molecule has 0 aromatic heterocycles. The minimum absolute atomic E-state index is 0.177. The van der Waals surface area contributed by atoms with Crippen molar-refractivity contribution in [3.8, 4) is 6.07 Å². The van der Waals surface area contributed by atoms with Crippen molar-refractivity contribution in [2.75, 3.05) is 11.9 Å². The van der Waals surface area contributed by atoms with Gasteiger partial charge in [0.2, 0.25) is 0 Å². The van der Waals surface area contributed by atoms with Gasteiger partial charge in [-0.1, -0.05) is 13.0 Å². The minimum Gasteiger partial charge on any atom is -0.478 e. The highest BCUT2D eigenvalue weighted by Crippen LogP contribution is 2.18. The summed E-state index contributed by atoms with van der Waals surface area (Å²) in [6, 6.07) is 6.85. The molecule has 0 aliphatic rings. The number of carboxylic acids is 1. The third-order valence-electron chi connectivity index (χ3n) is 2.10. The fraction of sp³-hybridized carbons (Fsp3) is 0.273. The van der Waals surface area contributed by atoms with Crippen LogP contribution in [0.1, 0.15) is 22.8 Å². The van der Waals surface area contributed by atoms with E-state index in [1.807, 2.05) is 13.0 Å². The number of rotatable bonds is 4. The van der Waals surface area contributed by atoms with E-state index in [4.69, 9.17) is 10.4 Å². The Morgan fingerprint density at radius 1 is 1.60 bits per heavy atom. The summed E-state index contributed by atoms with van der Waals surface area (Å²) >= 11 is 0. The van der Waals surface area contributed by atoms with Gasteiger partial charge in [0, 0.05) is 5.69 Å². The van der Waals surface area contributed by atoms with Crippen LogP contribution in [0.15, 0.2) is 18.2 Å². The lowest BCUT2D eigenvalue weighted by Gasteiger charge is -2.09. The fourth-order valence-corrected chi connectivity index (χ4v) is 1.32. The molecule has 0 aliphatic carbocycles. The number of carbonyl (C=O) groups is 1. The van der Waals surface area contributed by atoms with Gasteiger partial charge in [-0.2, -0.15) is 5.26 Å². The molecule has 15 heavy (non-hydrogen) atoms. The molecule has 0 heterocycles. The van der Waals surface area contributed by atoms with Gasteiger partial charge in [-0.05, 0) is 24.1 Å². The highest BCUT2D eigenvalue weighted by molar-refractivity contribution is 5.89. The highest BCUT2D eigenvalue weighted by atomic mass is 16.4. The summed E-state index contributed by atoms with van der Waals surface area (Å²) in [4.78, 5) is 10.7. The monoisotopic (exact) mass is 204 g/mol. The van der Waals surface area contributed by atoms with Crippen molar-refractivity contribution < 1.29 is 9.90 Å². The molecule has 1 aromatic rings. The van der Waals surface area contributed by atoms with Crippen LogP contribution >= 0.6 is 0 Å². The maximum absolute atomic E-state index is 10.7. The van der Waals surface area contributed by atoms with Crippen molar-refractivity contribution >= 4 is 11.7 Å². The van der Waals surface area contributed by atoms with Crippen molar-refractivity contribution in [3.05, 3.63) is 29.3 Å². The second kappa shape index (κ2) is 5.01. The number of carboxylic acid groups (broad SMARTS) is 1. The molecule has 0 bridgehead atoms. The van der Waals surface area contributed by atoms with Gasteiger partial charge >= 0.3 is 5.97 Å². The third-order valence-corrected chi connectivity index (χ3v) is 2.10. The largest absolute Gasteiger partial charge is 0.478 e. The van der Waals surface area contributed by atoms with Crippen LogP contribution in [-0.2, 0) is 6.42 Å². The molecule has 0 amide bonds. The zero-order valence-corrected chi connectivity index (χ0v) is 8.45. The zero-order valence-electron chi connectivity index (χ0n) is 8.45. The Morgan fingerprint density at radius 3 is 2.87 bits per heavy atom. The quantitative estimate of drug-likeness (QED) is 0.734. The number of nitriles is 1. The Balaban J connectivity index is 3.03. The van der Waals surface area contributed by atoms with Crippen LogP contribution < -0.4 is 5.32 Å². The lowest BCUT2D eigenvalue weighted by atomic mass is 10.1. The maximum atomic E-state index is 10.7. The number of hydrogen-bond acceptors (Lipinski definition) is 3. The van der Waals surface area contributed by atoms with Gasteiger partial charge in [0.05, 0.1) is 11.6 Å². The van der Waals surface area contributed by atoms with Crippen molar-refractivity contribution in [2.24, 2.45) is 0 Å².